The third-order valence-electron chi connectivity index (χ3n) is 3.97. The van der Waals surface area contributed by atoms with Gasteiger partial charge in [0.05, 0.1) is 28.6 Å². The number of allylic oxidation sites excluding steroid dienone is 1. The number of hydrogen-bond donors (Lipinski definition) is 3. The van der Waals surface area contributed by atoms with Crippen molar-refractivity contribution >= 4 is 40.8 Å². The maximum absolute atomic E-state index is 12.4. The molecule has 0 saturated carbocycles. The van der Waals surface area contributed by atoms with Gasteiger partial charge in [0.25, 0.3) is 0 Å². The number of methoxy groups -OCH3 is 1. The molecule has 1 aromatic heterocycles. The fourth-order valence-corrected chi connectivity index (χ4v) is 3.21. The number of esters is 1. The van der Waals surface area contributed by atoms with Crippen LogP contribution in [0.5, 0.6) is 0 Å². The summed E-state index contributed by atoms with van der Waals surface area (Å²) in [5, 5.41) is 3.65. The van der Waals surface area contributed by atoms with E-state index < -0.39 is 17.6 Å². The molecule has 0 radical (unpaired) electrons. The molecule has 0 spiro atoms. The van der Waals surface area contributed by atoms with Crippen LogP contribution < -0.4 is 16.7 Å². The number of nitrogens with one attached hydrogen (secondary N) is 2. The van der Waals surface area contributed by atoms with Gasteiger partial charge in [0.2, 0.25) is 0 Å². The Bertz CT molecular complexity index is 968. The van der Waals surface area contributed by atoms with Crippen LogP contribution in [-0.4, -0.2) is 23.0 Å². The number of hydrogen-bond acceptors (Lipinski definition) is 6. The Balaban J connectivity index is 2.32. The normalized spacial score (nSPS) is 16.2. The van der Waals surface area contributed by atoms with Crippen LogP contribution in [0.1, 0.15) is 24.0 Å². The first-order valence-electron chi connectivity index (χ1n) is 7.24. The van der Waals surface area contributed by atoms with E-state index in [2.05, 4.69) is 15.3 Å². The number of carbonyl (C=O) groups is 1. The SMILES string of the molecule is COC(=O)C1=C(C)Nc2nc(=O)[nH]c(N)c2C1c1ccc(Cl)c(Cl)c1. The lowest BCUT2D eigenvalue weighted by atomic mass is 9.82. The standard InChI is InChI=1S/C16H14Cl2N4O3/c1-6-10(15(23)25-2)11(7-3-4-8(17)9(18)5-7)12-13(19)21-16(24)22-14(12)20-6/h3-5,11H,1-2H3,(H4,19,20,21,22,24). The summed E-state index contributed by atoms with van der Waals surface area (Å²) >= 11 is 12.1. The fraction of sp³-hybridized carbons (Fsp3) is 0.188. The van der Waals surface area contributed by atoms with E-state index in [0.29, 0.717) is 32.4 Å². The molecule has 1 aromatic carbocycles. The van der Waals surface area contributed by atoms with E-state index in [-0.39, 0.29) is 11.6 Å². The summed E-state index contributed by atoms with van der Waals surface area (Å²) in [5.74, 6) is -0.768. The highest BCUT2D eigenvalue weighted by Crippen LogP contribution is 2.44. The first-order valence-corrected chi connectivity index (χ1v) is 7.99. The number of anilines is 2. The zero-order chi connectivity index (χ0) is 18.3. The van der Waals surface area contributed by atoms with E-state index in [1.165, 1.54) is 7.11 Å². The number of fused-ring (bicyclic) bond motifs is 1. The van der Waals surface area contributed by atoms with Gasteiger partial charge < -0.3 is 15.8 Å². The maximum Gasteiger partial charge on any atom is 0.348 e. The number of ether oxygens (including phenoxy) is 1. The first kappa shape index (κ1) is 17.3. The number of carbonyl (C=O) groups excluding carboxylic acids is 1. The Morgan fingerprint density at radius 3 is 2.68 bits per heavy atom. The van der Waals surface area contributed by atoms with Crippen molar-refractivity contribution in [3.8, 4) is 0 Å². The molecule has 1 aliphatic rings. The van der Waals surface area contributed by atoms with E-state index >= 15 is 0 Å². The summed E-state index contributed by atoms with van der Waals surface area (Å²) in [5.41, 5.74) is 7.40. The quantitative estimate of drug-likeness (QED) is 0.690. The summed E-state index contributed by atoms with van der Waals surface area (Å²) in [7, 11) is 1.29. The van der Waals surface area contributed by atoms with Crippen LogP contribution in [0.2, 0.25) is 10.0 Å². The highest BCUT2D eigenvalue weighted by atomic mass is 35.5. The van der Waals surface area contributed by atoms with Crippen molar-refractivity contribution in [2.45, 2.75) is 12.8 Å². The van der Waals surface area contributed by atoms with Crippen LogP contribution in [0.25, 0.3) is 0 Å². The molecule has 7 nitrogen and oxygen atoms in total. The maximum atomic E-state index is 12.4. The van der Waals surface area contributed by atoms with Gasteiger partial charge in [-0.05, 0) is 24.6 Å². The zero-order valence-corrected chi connectivity index (χ0v) is 14.8. The average Bonchev–Trinajstić information content (AvgIpc) is 2.55. The molecule has 4 N–H and O–H groups in total. The number of halogens is 2. The monoisotopic (exact) mass is 380 g/mol. The van der Waals surface area contributed by atoms with E-state index in [1.807, 2.05) is 0 Å². The molecule has 1 aliphatic heterocycles. The van der Waals surface area contributed by atoms with Gasteiger partial charge in [-0.2, -0.15) is 4.98 Å². The van der Waals surface area contributed by atoms with Crippen molar-refractivity contribution in [1.29, 1.82) is 0 Å². The average molecular weight is 381 g/mol. The Morgan fingerprint density at radius 1 is 1.32 bits per heavy atom. The van der Waals surface area contributed by atoms with Crippen molar-refractivity contribution in [3.63, 3.8) is 0 Å². The van der Waals surface area contributed by atoms with Gasteiger partial charge in [-0.1, -0.05) is 29.3 Å². The van der Waals surface area contributed by atoms with E-state index in [1.54, 1.807) is 25.1 Å². The van der Waals surface area contributed by atoms with Crippen molar-refractivity contribution in [3.05, 3.63) is 61.1 Å². The molecule has 9 heteroatoms. The van der Waals surface area contributed by atoms with Gasteiger partial charge in [-0.3, -0.25) is 4.98 Å². The minimum atomic E-state index is -0.622. The number of benzene rings is 1. The third kappa shape index (κ3) is 2.96. The summed E-state index contributed by atoms with van der Waals surface area (Å²) in [6, 6.07) is 5.00. The Kier molecular flexibility index (Phi) is 4.45. The second-order valence-electron chi connectivity index (χ2n) is 5.48. The van der Waals surface area contributed by atoms with Gasteiger partial charge in [0.15, 0.2) is 0 Å². The highest BCUT2D eigenvalue weighted by Gasteiger charge is 2.36. The Hall–Kier alpha value is -2.51. The molecule has 0 aliphatic carbocycles. The van der Waals surface area contributed by atoms with Crippen molar-refractivity contribution < 1.29 is 9.53 Å². The number of nitrogen functional groups attached to an aromatic ring is 1. The summed E-state index contributed by atoms with van der Waals surface area (Å²) < 4.78 is 4.92. The van der Waals surface area contributed by atoms with Crippen LogP contribution in [0.4, 0.5) is 11.6 Å². The van der Waals surface area contributed by atoms with Crippen molar-refractivity contribution in [2.24, 2.45) is 0 Å². The van der Waals surface area contributed by atoms with Gasteiger partial charge in [0, 0.05) is 11.3 Å². The minimum Gasteiger partial charge on any atom is -0.466 e. The number of aromatic amines is 1. The summed E-state index contributed by atoms with van der Waals surface area (Å²) in [6.07, 6.45) is 0. The number of nitrogens with two attached hydrogens (primary N) is 1. The van der Waals surface area contributed by atoms with Crippen LogP contribution in [-0.2, 0) is 9.53 Å². The molecule has 130 valence electrons. The molecule has 2 aromatic rings. The molecule has 0 fully saturated rings. The number of nitrogens with zero attached hydrogens (tertiary/aromatic N) is 1. The lowest BCUT2D eigenvalue weighted by Crippen LogP contribution is -2.28. The van der Waals surface area contributed by atoms with Crippen LogP contribution >= 0.6 is 23.2 Å². The third-order valence-corrected chi connectivity index (χ3v) is 4.71. The first-order chi connectivity index (χ1) is 11.8. The van der Waals surface area contributed by atoms with E-state index in [0.717, 1.165) is 0 Å². The highest BCUT2D eigenvalue weighted by molar-refractivity contribution is 6.42. The van der Waals surface area contributed by atoms with Gasteiger partial charge in [-0.25, -0.2) is 9.59 Å². The van der Waals surface area contributed by atoms with Gasteiger partial charge >= 0.3 is 11.7 Å². The molecular weight excluding hydrogens is 367 g/mol. The topological polar surface area (TPSA) is 110 Å². The summed E-state index contributed by atoms with van der Waals surface area (Å²) in [6.45, 7) is 1.69. The van der Waals surface area contributed by atoms with E-state index in [4.69, 9.17) is 33.7 Å². The minimum absolute atomic E-state index is 0.104. The molecule has 0 saturated heterocycles. The molecule has 1 atom stereocenters. The van der Waals surface area contributed by atoms with Gasteiger partial charge in [0.1, 0.15) is 11.6 Å². The second-order valence-corrected chi connectivity index (χ2v) is 6.29. The Labute approximate surface area is 152 Å². The van der Waals surface area contributed by atoms with E-state index in [9.17, 15) is 9.59 Å². The van der Waals surface area contributed by atoms with Crippen LogP contribution in [0.15, 0.2) is 34.3 Å². The predicted octanol–water partition coefficient (Wildman–Crippen LogP) is 2.66. The van der Waals surface area contributed by atoms with Crippen molar-refractivity contribution in [1.82, 2.24) is 9.97 Å². The molecule has 25 heavy (non-hydrogen) atoms. The fourth-order valence-electron chi connectivity index (χ4n) is 2.90. The summed E-state index contributed by atoms with van der Waals surface area (Å²) in [4.78, 5) is 30.4. The second kappa shape index (κ2) is 6.42. The zero-order valence-electron chi connectivity index (χ0n) is 13.3. The molecule has 0 bridgehead atoms. The predicted molar refractivity (Wildman–Crippen MR) is 95.9 cm³/mol. The smallest absolute Gasteiger partial charge is 0.348 e. The van der Waals surface area contributed by atoms with Crippen molar-refractivity contribution in [2.75, 3.05) is 18.2 Å². The molecule has 0 amide bonds. The lowest BCUT2D eigenvalue weighted by molar-refractivity contribution is -0.136. The Morgan fingerprint density at radius 2 is 2.04 bits per heavy atom. The molecular formula is C16H14Cl2N4O3. The van der Waals surface area contributed by atoms with Gasteiger partial charge in [-0.15, -0.1) is 0 Å². The van der Waals surface area contributed by atoms with Crippen LogP contribution in [0.3, 0.4) is 0 Å². The van der Waals surface area contributed by atoms with Crippen LogP contribution in [0, 0.1) is 0 Å². The molecule has 3 rings (SSSR count). The number of H-pyrrole nitrogens is 1. The molecule has 2 heterocycles. The number of rotatable bonds is 2. The number of aromatic nitrogens is 2. The lowest BCUT2D eigenvalue weighted by Gasteiger charge is -2.29. The largest absolute Gasteiger partial charge is 0.466 e. The molecule has 1 unspecified atom stereocenters.